The Morgan fingerprint density at radius 1 is 1.08 bits per heavy atom. The van der Waals surface area contributed by atoms with Gasteiger partial charge in [-0.2, -0.15) is 0 Å². The van der Waals surface area contributed by atoms with E-state index in [2.05, 4.69) is 26.6 Å². The molecule has 25 heavy (non-hydrogen) atoms. The topological polar surface area (TPSA) is 67.4 Å². The lowest BCUT2D eigenvalue weighted by Gasteiger charge is -2.12. The van der Waals surface area contributed by atoms with E-state index in [1.165, 1.54) is 0 Å². The van der Waals surface area contributed by atoms with E-state index in [4.69, 9.17) is 4.74 Å². The Labute approximate surface area is 155 Å². The lowest BCUT2D eigenvalue weighted by atomic mass is 10.1. The van der Waals surface area contributed by atoms with Crippen molar-refractivity contribution in [1.29, 1.82) is 0 Å². The van der Waals surface area contributed by atoms with Crippen LogP contribution in [0, 0.1) is 0 Å². The molecule has 2 aromatic rings. The average Bonchev–Trinajstić information content (AvgIpc) is 2.61. The quantitative estimate of drug-likeness (QED) is 0.756. The van der Waals surface area contributed by atoms with Gasteiger partial charge in [0.15, 0.2) is 0 Å². The smallest absolute Gasteiger partial charge is 0.255 e. The first-order chi connectivity index (χ1) is 11.9. The summed E-state index contributed by atoms with van der Waals surface area (Å²) in [6, 6.07) is 12.0. The van der Waals surface area contributed by atoms with Crippen LogP contribution in [0.5, 0.6) is 5.75 Å². The summed E-state index contributed by atoms with van der Waals surface area (Å²) in [4.78, 5) is 24.4. The third-order valence-electron chi connectivity index (χ3n) is 3.81. The van der Waals surface area contributed by atoms with Crippen molar-refractivity contribution in [3.63, 3.8) is 0 Å². The molecule has 5 nitrogen and oxygen atoms in total. The molecule has 1 atom stereocenters. The number of halogens is 1. The van der Waals surface area contributed by atoms with E-state index in [0.29, 0.717) is 27.0 Å². The van der Waals surface area contributed by atoms with E-state index in [1.807, 2.05) is 13.8 Å². The number of rotatable bonds is 6. The fourth-order valence-corrected chi connectivity index (χ4v) is 2.67. The minimum atomic E-state index is -0.236. The summed E-state index contributed by atoms with van der Waals surface area (Å²) in [6.07, 6.45) is 0.872. The monoisotopic (exact) mass is 404 g/mol. The number of carbonyl (C=O) groups excluding carboxylic acids is 2. The maximum absolute atomic E-state index is 12.3. The van der Waals surface area contributed by atoms with Gasteiger partial charge in [0.05, 0.1) is 11.6 Å². The van der Waals surface area contributed by atoms with Crippen molar-refractivity contribution in [3.8, 4) is 5.75 Å². The molecule has 0 bridgehead atoms. The molecule has 132 valence electrons. The molecule has 2 N–H and O–H groups in total. The van der Waals surface area contributed by atoms with E-state index < -0.39 is 0 Å². The summed E-state index contributed by atoms with van der Waals surface area (Å²) in [5.74, 6) is 0.305. The first-order valence-electron chi connectivity index (χ1n) is 8.00. The van der Waals surface area contributed by atoms with Crippen LogP contribution in [0.4, 0.5) is 5.69 Å². The van der Waals surface area contributed by atoms with Gasteiger partial charge in [0, 0.05) is 22.9 Å². The molecule has 2 rings (SSSR count). The van der Waals surface area contributed by atoms with Gasteiger partial charge in [-0.05, 0) is 71.7 Å². The number of benzene rings is 2. The molecule has 0 spiro atoms. The van der Waals surface area contributed by atoms with Gasteiger partial charge >= 0.3 is 0 Å². The Morgan fingerprint density at radius 3 is 2.28 bits per heavy atom. The Morgan fingerprint density at radius 2 is 1.72 bits per heavy atom. The van der Waals surface area contributed by atoms with Crippen molar-refractivity contribution in [3.05, 3.63) is 58.1 Å². The SMILES string of the molecule is CCC(C)NC(=O)c1ccc(NC(=O)c2ccc(OC)c(Br)c2)cc1. The zero-order valence-electron chi connectivity index (χ0n) is 14.4. The average molecular weight is 405 g/mol. The van der Waals surface area contributed by atoms with Crippen LogP contribution >= 0.6 is 15.9 Å². The molecule has 0 aliphatic heterocycles. The normalized spacial score (nSPS) is 11.5. The Kier molecular flexibility index (Phi) is 6.58. The third kappa shape index (κ3) is 5.06. The molecule has 0 aliphatic carbocycles. The molecule has 2 amide bonds. The second-order valence-corrected chi connectivity index (χ2v) is 6.52. The maximum Gasteiger partial charge on any atom is 0.255 e. The molecule has 0 aliphatic rings. The van der Waals surface area contributed by atoms with Gasteiger partial charge in [-0.15, -0.1) is 0 Å². The summed E-state index contributed by atoms with van der Waals surface area (Å²) in [5, 5.41) is 5.71. The number of amides is 2. The Balaban J connectivity index is 2.04. The van der Waals surface area contributed by atoms with Crippen LogP contribution in [-0.4, -0.2) is 25.0 Å². The minimum Gasteiger partial charge on any atom is -0.496 e. The fraction of sp³-hybridized carbons (Fsp3) is 0.263. The predicted octanol–water partition coefficient (Wildman–Crippen LogP) is 4.24. The zero-order chi connectivity index (χ0) is 18.4. The van der Waals surface area contributed by atoms with Crippen LogP contribution in [0.3, 0.4) is 0 Å². The molecule has 0 saturated carbocycles. The molecule has 6 heteroatoms. The largest absolute Gasteiger partial charge is 0.496 e. The van der Waals surface area contributed by atoms with Crippen molar-refractivity contribution >= 4 is 33.4 Å². The lowest BCUT2D eigenvalue weighted by molar-refractivity contribution is 0.0938. The van der Waals surface area contributed by atoms with Crippen LogP contribution in [0.25, 0.3) is 0 Å². The molecule has 0 fully saturated rings. The molecular formula is C19H21BrN2O3. The highest BCUT2D eigenvalue weighted by molar-refractivity contribution is 9.10. The standard InChI is InChI=1S/C19H21BrN2O3/c1-4-12(2)21-18(23)13-5-8-15(9-6-13)22-19(24)14-7-10-17(25-3)16(20)11-14/h5-12H,4H2,1-3H3,(H,21,23)(H,22,24). The Hall–Kier alpha value is -2.34. The second-order valence-electron chi connectivity index (χ2n) is 5.66. The molecule has 0 heterocycles. The molecule has 0 aromatic heterocycles. The van der Waals surface area contributed by atoms with Gasteiger partial charge in [0.2, 0.25) is 0 Å². The third-order valence-corrected chi connectivity index (χ3v) is 4.43. The molecular weight excluding hydrogens is 384 g/mol. The van der Waals surface area contributed by atoms with Crippen molar-refractivity contribution in [1.82, 2.24) is 5.32 Å². The summed E-state index contributed by atoms with van der Waals surface area (Å²) >= 11 is 3.36. The highest BCUT2D eigenvalue weighted by atomic mass is 79.9. The summed E-state index contributed by atoms with van der Waals surface area (Å²) in [6.45, 7) is 3.97. The van der Waals surface area contributed by atoms with E-state index in [1.54, 1.807) is 49.6 Å². The van der Waals surface area contributed by atoms with Crippen LogP contribution in [0.1, 0.15) is 41.0 Å². The van der Waals surface area contributed by atoms with Crippen LogP contribution < -0.4 is 15.4 Å². The van der Waals surface area contributed by atoms with E-state index in [-0.39, 0.29) is 17.9 Å². The highest BCUT2D eigenvalue weighted by Gasteiger charge is 2.11. The van der Waals surface area contributed by atoms with Gasteiger partial charge in [0.25, 0.3) is 11.8 Å². The van der Waals surface area contributed by atoms with Crippen molar-refractivity contribution in [2.75, 3.05) is 12.4 Å². The second kappa shape index (κ2) is 8.67. The highest BCUT2D eigenvalue weighted by Crippen LogP contribution is 2.26. The zero-order valence-corrected chi connectivity index (χ0v) is 16.0. The van der Waals surface area contributed by atoms with E-state index in [9.17, 15) is 9.59 Å². The molecule has 0 radical (unpaired) electrons. The Bertz CT molecular complexity index is 760. The number of methoxy groups -OCH3 is 1. The maximum atomic E-state index is 12.3. The molecule has 2 aromatic carbocycles. The number of nitrogens with one attached hydrogen (secondary N) is 2. The number of hydrogen-bond acceptors (Lipinski definition) is 3. The van der Waals surface area contributed by atoms with Gasteiger partial charge in [-0.1, -0.05) is 6.92 Å². The van der Waals surface area contributed by atoms with Gasteiger partial charge < -0.3 is 15.4 Å². The van der Waals surface area contributed by atoms with Crippen LogP contribution in [0.2, 0.25) is 0 Å². The molecule has 1 unspecified atom stereocenters. The van der Waals surface area contributed by atoms with Gasteiger partial charge in [-0.25, -0.2) is 0 Å². The minimum absolute atomic E-state index is 0.119. The first kappa shape index (κ1) is 19.0. The number of anilines is 1. The molecule has 0 saturated heterocycles. The summed E-state index contributed by atoms with van der Waals surface area (Å²) < 4.78 is 5.86. The van der Waals surface area contributed by atoms with E-state index >= 15 is 0 Å². The number of hydrogen-bond donors (Lipinski definition) is 2. The predicted molar refractivity (Wildman–Crippen MR) is 102 cm³/mol. The van der Waals surface area contributed by atoms with Crippen molar-refractivity contribution < 1.29 is 14.3 Å². The number of carbonyl (C=O) groups is 2. The number of ether oxygens (including phenoxy) is 1. The summed E-state index contributed by atoms with van der Waals surface area (Å²) in [7, 11) is 1.57. The van der Waals surface area contributed by atoms with Crippen LogP contribution in [0.15, 0.2) is 46.9 Å². The van der Waals surface area contributed by atoms with Crippen molar-refractivity contribution in [2.45, 2.75) is 26.3 Å². The van der Waals surface area contributed by atoms with Gasteiger partial charge in [-0.3, -0.25) is 9.59 Å². The summed E-state index contributed by atoms with van der Waals surface area (Å²) in [5.41, 5.74) is 1.69. The van der Waals surface area contributed by atoms with Gasteiger partial charge in [0.1, 0.15) is 5.75 Å². The van der Waals surface area contributed by atoms with Crippen LogP contribution in [-0.2, 0) is 0 Å². The lowest BCUT2D eigenvalue weighted by Crippen LogP contribution is -2.31. The van der Waals surface area contributed by atoms with Crippen molar-refractivity contribution in [2.24, 2.45) is 0 Å². The van der Waals surface area contributed by atoms with E-state index in [0.717, 1.165) is 6.42 Å². The fourth-order valence-electron chi connectivity index (χ4n) is 2.13. The first-order valence-corrected chi connectivity index (χ1v) is 8.79.